The van der Waals surface area contributed by atoms with E-state index in [4.69, 9.17) is 22.1 Å². The summed E-state index contributed by atoms with van der Waals surface area (Å²) in [5, 5.41) is 6.35. The lowest BCUT2D eigenvalue weighted by atomic mass is 10.0. The number of piperidine rings is 1. The Kier molecular flexibility index (Phi) is 9.78. The van der Waals surface area contributed by atoms with Crippen LogP contribution in [0, 0.1) is 0 Å². The van der Waals surface area contributed by atoms with Crippen molar-refractivity contribution in [3.05, 3.63) is 53.7 Å². The third-order valence-corrected chi connectivity index (χ3v) is 8.80. The Balaban J connectivity index is 1.26. The summed E-state index contributed by atoms with van der Waals surface area (Å²) in [6.45, 7) is 6.49. The second kappa shape index (κ2) is 13.7. The zero-order valence-electron chi connectivity index (χ0n) is 24.5. The average molecular weight is 646 g/mol. The predicted octanol–water partition coefficient (Wildman–Crippen LogP) is 3.59. The van der Waals surface area contributed by atoms with Crippen molar-refractivity contribution in [3.63, 3.8) is 0 Å². The quantitative estimate of drug-likeness (QED) is 0.253. The minimum atomic E-state index is -4.50. The molecule has 0 saturated carbocycles. The number of likely N-dealkylation sites (N-methyl/N-ethyl adjacent to an activating group) is 1. The lowest BCUT2D eigenvalue weighted by molar-refractivity contribution is 0.0982. The molecule has 0 aliphatic carbocycles. The lowest BCUT2D eigenvalue weighted by Crippen LogP contribution is -2.52. The highest BCUT2D eigenvalue weighted by molar-refractivity contribution is 7.88. The van der Waals surface area contributed by atoms with Gasteiger partial charge in [0.25, 0.3) is 0 Å². The first-order valence-corrected chi connectivity index (χ1v) is 15.9. The predicted molar refractivity (Wildman–Crippen MR) is 171 cm³/mol. The molecule has 0 unspecified atom stereocenters. The maximum Gasteiger partial charge on any atom is 0.421 e. The number of nitrogens with one attached hydrogen (secondary N) is 3. The molecule has 2 saturated heterocycles. The van der Waals surface area contributed by atoms with Gasteiger partial charge in [-0.3, -0.25) is 4.90 Å². The van der Waals surface area contributed by atoms with E-state index in [0.29, 0.717) is 17.5 Å². The van der Waals surface area contributed by atoms with Crippen LogP contribution in [0.3, 0.4) is 0 Å². The van der Waals surface area contributed by atoms with Gasteiger partial charge in [-0.05, 0) is 44.2 Å². The Bertz CT molecular complexity index is 1580. The fraction of sp³-hybridized carbons (Fsp3) is 0.393. The van der Waals surface area contributed by atoms with Crippen LogP contribution in [-0.4, -0.2) is 93.7 Å². The first-order chi connectivity index (χ1) is 21.1. The number of aromatic nitrogens is 2. The van der Waals surface area contributed by atoms with E-state index in [1.165, 1.54) is 12.3 Å². The Labute approximate surface area is 261 Å². The molecule has 5 rings (SSSR count). The summed E-state index contributed by atoms with van der Waals surface area (Å²) in [7, 11) is -0.707. The first-order valence-electron chi connectivity index (χ1n) is 14.1. The molecule has 0 atom stereocenters. The maximum absolute atomic E-state index is 12.1. The molecule has 2 aliphatic rings. The van der Waals surface area contributed by atoms with Crippen LogP contribution in [0.1, 0.15) is 12.8 Å². The van der Waals surface area contributed by atoms with Crippen LogP contribution in [-0.2, 0) is 14.5 Å². The van der Waals surface area contributed by atoms with Crippen molar-refractivity contribution in [2.45, 2.75) is 18.9 Å². The number of amides is 1. The first kappa shape index (κ1) is 31.4. The van der Waals surface area contributed by atoms with E-state index >= 15 is 0 Å². The highest BCUT2D eigenvalue weighted by atomic mass is 35.5. The molecule has 236 valence electrons. The highest BCUT2D eigenvalue weighted by Crippen LogP contribution is 2.34. The average Bonchev–Trinajstić information content (AvgIpc) is 2.99. The highest BCUT2D eigenvalue weighted by Gasteiger charge is 2.27. The summed E-state index contributed by atoms with van der Waals surface area (Å²) in [5.41, 5.74) is 6.95. The minimum Gasteiger partial charge on any atom is -0.494 e. The molecule has 1 amide bonds. The molecule has 2 aliphatic heterocycles. The Morgan fingerprint density at radius 2 is 1.70 bits per heavy atom. The molecule has 2 aromatic carbocycles. The summed E-state index contributed by atoms with van der Waals surface area (Å²) in [6, 6.07) is 12.9. The third-order valence-electron chi connectivity index (χ3n) is 7.67. The van der Waals surface area contributed by atoms with E-state index in [2.05, 4.69) is 51.3 Å². The molecule has 0 radical (unpaired) electrons. The van der Waals surface area contributed by atoms with E-state index in [1.54, 1.807) is 25.3 Å². The van der Waals surface area contributed by atoms with Crippen molar-refractivity contribution < 1.29 is 22.1 Å². The second-order valence-electron chi connectivity index (χ2n) is 10.6. The summed E-state index contributed by atoms with van der Waals surface area (Å²) < 4.78 is 36.1. The van der Waals surface area contributed by atoms with Gasteiger partial charge >= 0.3 is 16.4 Å². The number of hydrogen-bond donors (Lipinski definition) is 4. The van der Waals surface area contributed by atoms with Crippen molar-refractivity contribution in [2.75, 3.05) is 73.7 Å². The Morgan fingerprint density at radius 1 is 1.00 bits per heavy atom. The van der Waals surface area contributed by atoms with E-state index in [0.717, 1.165) is 57.8 Å². The largest absolute Gasteiger partial charge is 0.494 e. The molecular formula is C28H36ClN9O5S. The van der Waals surface area contributed by atoms with Crippen LogP contribution >= 0.6 is 11.6 Å². The molecular weight excluding hydrogens is 610 g/mol. The second-order valence-corrected chi connectivity index (χ2v) is 12.3. The number of carbonyl (C=O) groups excluding carboxylic acids is 1. The number of nitrogens with two attached hydrogens (primary N) is 1. The van der Waals surface area contributed by atoms with Crippen LogP contribution in [0.15, 0.2) is 48.7 Å². The zero-order chi connectivity index (χ0) is 31.3. The summed E-state index contributed by atoms with van der Waals surface area (Å²) in [6.07, 6.45) is 2.20. The molecule has 1 aromatic heterocycles. The van der Waals surface area contributed by atoms with Crippen LogP contribution in [0.4, 0.5) is 39.3 Å². The van der Waals surface area contributed by atoms with Gasteiger partial charge in [-0.1, -0.05) is 23.7 Å². The number of carbonyl (C=O) groups is 1. The van der Waals surface area contributed by atoms with E-state index in [1.807, 2.05) is 18.2 Å². The number of primary amides is 1. The molecule has 16 heteroatoms. The molecule has 5 N–H and O–H groups in total. The molecule has 2 fully saturated rings. The van der Waals surface area contributed by atoms with Crippen molar-refractivity contribution in [1.29, 1.82) is 0 Å². The number of piperazine rings is 1. The minimum absolute atomic E-state index is 0.0720. The van der Waals surface area contributed by atoms with Gasteiger partial charge in [0, 0.05) is 57.1 Å². The van der Waals surface area contributed by atoms with Crippen LogP contribution in [0.25, 0.3) is 0 Å². The molecule has 44 heavy (non-hydrogen) atoms. The van der Waals surface area contributed by atoms with Crippen molar-refractivity contribution in [1.82, 2.24) is 19.8 Å². The van der Waals surface area contributed by atoms with Gasteiger partial charge in [-0.25, -0.2) is 14.5 Å². The fourth-order valence-electron chi connectivity index (χ4n) is 5.36. The number of para-hydroxylation sites is 2. The number of anilines is 6. The van der Waals surface area contributed by atoms with Gasteiger partial charge in [0.15, 0.2) is 5.82 Å². The molecule has 14 nitrogen and oxygen atoms in total. The van der Waals surface area contributed by atoms with Gasteiger partial charge < -0.3 is 35.1 Å². The van der Waals surface area contributed by atoms with Crippen molar-refractivity contribution in [2.24, 2.45) is 5.73 Å². The standard InChI is InChI=1S/C28H36ClN9O5S/c1-36-13-15-38(16-14-36)19-9-11-37(12-10-19)20-7-8-24(25(17-20)42-2)33-28-31-18-21(29)26(34-28)32-22-5-3-4-6-23(22)35-44(40,41)43-27(30)39/h3-8,17-19,35H,9-16H2,1-2H3,(H2,30,39)(H2,31,32,33,34). The number of benzene rings is 2. The number of methoxy groups -OCH3 is 1. The number of nitrogens with zero attached hydrogens (tertiary/aromatic N) is 5. The molecule has 3 aromatic rings. The number of halogens is 1. The van der Waals surface area contributed by atoms with E-state index in [9.17, 15) is 13.2 Å². The summed E-state index contributed by atoms with van der Waals surface area (Å²) >= 11 is 6.36. The van der Waals surface area contributed by atoms with Gasteiger partial charge in [0.1, 0.15) is 10.8 Å². The van der Waals surface area contributed by atoms with Crippen molar-refractivity contribution >= 4 is 62.5 Å². The number of hydrogen-bond acceptors (Lipinski definition) is 12. The maximum atomic E-state index is 12.1. The van der Waals surface area contributed by atoms with Gasteiger partial charge in [0.05, 0.1) is 30.4 Å². The molecule has 0 bridgehead atoms. The number of rotatable bonds is 10. The zero-order valence-corrected chi connectivity index (χ0v) is 26.1. The van der Waals surface area contributed by atoms with Crippen LogP contribution in [0.2, 0.25) is 5.02 Å². The van der Waals surface area contributed by atoms with E-state index in [-0.39, 0.29) is 28.2 Å². The lowest BCUT2D eigenvalue weighted by Gasteiger charge is -2.42. The van der Waals surface area contributed by atoms with Gasteiger partial charge in [0.2, 0.25) is 5.95 Å². The molecule has 0 spiro atoms. The SMILES string of the molecule is COc1cc(N2CCC(N3CCN(C)CC3)CC2)ccc1Nc1ncc(Cl)c(Nc2ccccc2NS(=O)(=O)OC(N)=O)n1. The number of ether oxygens (including phenoxy) is 1. The smallest absolute Gasteiger partial charge is 0.421 e. The van der Waals surface area contributed by atoms with E-state index < -0.39 is 16.4 Å². The van der Waals surface area contributed by atoms with Crippen molar-refractivity contribution in [3.8, 4) is 5.75 Å². The van der Waals surface area contributed by atoms with Crippen LogP contribution in [0.5, 0.6) is 5.75 Å². The summed E-state index contributed by atoms with van der Waals surface area (Å²) in [4.78, 5) is 27.1. The summed E-state index contributed by atoms with van der Waals surface area (Å²) in [5.74, 6) is 1.06. The van der Waals surface area contributed by atoms with Gasteiger partial charge in [-0.2, -0.15) is 13.4 Å². The third kappa shape index (κ3) is 7.91. The topological polar surface area (TPSA) is 167 Å². The monoisotopic (exact) mass is 645 g/mol. The van der Waals surface area contributed by atoms with Crippen LogP contribution < -0.4 is 30.7 Å². The van der Waals surface area contributed by atoms with Gasteiger partial charge in [-0.15, -0.1) is 0 Å². The molecule has 3 heterocycles. The Hall–Kier alpha value is -4.05. The normalized spacial score (nSPS) is 16.8. The fourth-order valence-corrected chi connectivity index (χ4v) is 6.21. The Morgan fingerprint density at radius 3 is 2.39 bits per heavy atom.